The van der Waals surface area contributed by atoms with Gasteiger partial charge in [0.2, 0.25) is 0 Å². The minimum atomic E-state index is 0. The normalized spacial score (nSPS) is 21.8. The maximum atomic E-state index is 4.28. The number of nitrogens with one attached hydrogen (secondary N) is 1. The second kappa shape index (κ2) is 5.66. The molecule has 1 aromatic rings. The molecule has 5 heteroatoms. The Morgan fingerprint density at radius 2 is 2.31 bits per heavy atom. The van der Waals surface area contributed by atoms with E-state index in [0.717, 1.165) is 26.2 Å². The summed E-state index contributed by atoms with van der Waals surface area (Å²) in [6, 6.07) is 0.607. The molecule has 16 heavy (non-hydrogen) atoms. The van der Waals surface area contributed by atoms with Crippen LogP contribution in [0.3, 0.4) is 0 Å². The zero-order valence-corrected chi connectivity index (χ0v) is 11.0. The first-order valence-electron chi connectivity index (χ1n) is 5.60. The summed E-state index contributed by atoms with van der Waals surface area (Å²) in [7, 11) is 2.00. The molecular weight excluding hydrogens is 224 g/mol. The predicted octanol–water partition coefficient (Wildman–Crippen LogP) is 0.944. The Hall–Kier alpha value is -0.580. The lowest BCUT2D eigenvalue weighted by atomic mass is 10.2. The fourth-order valence-corrected chi connectivity index (χ4v) is 2.10. The molecule has 1 fully saturated rings. The number of piperazine rings is 1. The molecular formula is C11H21ClN4. The average molecular weight is 245 g/mol. The molecule has 0 radical (unpaired) electrons. The molecule has 1 aliphatic rings. The van der Waals surface area contributed by atoms with Gasteiger partial charge in [-0.2, -0.15) is 5.10 Å². The molecule has 2 heterocycles. The van der Waals surface area contributed by atoms with Crippen molar-refractivity contribution in [1.82, 2.24) is 20.0 Å². The topological polar surface area (TPSA) is 33.1 Å². The molecule has 0 saturated carbocycles. The summed E-state index contributed by atoms with van der Waals surface area (Å²) in [6.45, 7) is 8.77. The lowest BCUT2D eigenvalue weighted by Crippen LogP contribution is -2.48. The number of nitrogens with zero attached hydrogens (tertiary/aromatic N) is 3. The van der Waals surface area contributed by atoms with Crippen molar-refractivity contribution in [3.63, 3.8) is 0 Å². The maximum absolute atomic E-state index is 4.28. The van der Waals surface area contributed by atoms with Gasteiger partial charge < -0.3 is 5.32 Å². The van der Waals surface area contributed by atoms with Gasteiger partial charge in [0.1, 0.15) is 0 Å². The van der Waals surface area contributed by atoms with Crippen LogP contribution in [0.25, 0.3) is 0 Å². The van der Waals surface area contributed by atoms with Crippen LogP contribution in [-0.2, 0) is 13.6 Å². The maximum Gasteiger partial charge on any atom is 0.0537 e. The van der Waals surface area contributed by atoms with E-state index in [1.807, 2.05) is 17.9 Å². The number of hydrogen-bond acceptors (Lipinski definition) is 3. The van der Waals surface area contributed by atoms with Gasteiger partial charge in [0.05, 0.1) is 6.20 Å². The van der Waals surface area contributed by atoms with Crippen LogP contribution in [0.2, 0.25) is 0 Å². The highest BCUT2D eigenvalue weighted by molar-refractivity contribution is 5.85. The Bertz CT molecular complexity index is 337. The number of aromatic nitrogens is 2. The quantitative estimate of drug-likeness (QED) is 0.841. The lowest BCUT2D eigenvalue weighted by Gasteiger charge is -2.31. The van der Waals surface area contributed by atoms with E-state index in [0.29, 0.717) is 6.04 Å². The smallest absolute Gasteiger partial charge is 0.0537 e. The SMILES string of the molecule is Cc1c(CN2CCN[C@@H](C)C2)cnn1C.Cl. The van der Waals surface area contributed by atoms with Crippen molar-refractivity contribution in [2.75, 3.05) is 19.6 Å². The van der Waals surface area contributed by atoms with E-state index in [9.17, 15) is 0 Å². The van der Waals surface area contributed by atoms with Gasteiger partial charge in [0.25, 0.3) is 0 Å². The van der Waals surface area contributed by atoms with Crippen LogP contribution in [0.4, 0.5) is 0 Å². The van der Waals surface area contributed by atoms with E-state index in [2.05, 4.69) is 29.2 Å². The van der Waals surface area contributed by atoms with Gasteiger partial charge in [-0.1, -0.05) is 0 Å². The summed E-state index contributed by atoms with van der Waals surface area (Å²) >= 11 is 0. The van der Waals surface area contributed by atoms with E-state index in [1.165, 1.54) is 11.3 Å². The van der Waals surface area contributed by atoms with E-state index in [-0.39, 0.29) is 12.4 Å². The van der Waals surface area contributed by atoms with Crippen LogP contribution in [0.5, 0.6) is 0 Å². The Morgan fingerprint density at radius 1 is 1.56 bits per heavy atom. The first-order valence-corrected chi connectivity index (χ1v) is 5.60. The number of aryl methyl sites for hydroxylation is 1. The molecule has 1 saturated heterocycles. The van der Waals surface area contributed by atoms with Gasteiger partial charge in [-0.3, -0.25) is 9.58 Å². The Morgan fingerprint density at radius 3 is 2.88 bits per heavy atom. The summed E-state index contributed by atoms with van der Waals surface area (Å²) < 4.78 is 1.95. The molecule has 0 unspecified atom stereocenters. The summed E-state index contributed by atoms with van der Waals surface area (Å²) in [4.78, 5) is 2.49. The molecule has 2 rings (SSSR count). The van der Waals surface area contributed by atoms with Gasteiger partial charge in [-0.25, -0.2) is 0 Å². The van der Waals surface area contributed by atoms with Crippen LogP contribution < -0.4 is 5.32 Å². The van der Waals surface area contributed by atoms with Crippen LogP contribution in [0, 0.1) is 6.92 Å². The van der Waals surface area contributed by atoms with Crippen LogP contribution in [-0.4, -0.2) is 40.4 Å². The fourth-order valence-electron chi connectivity index (χ4n) is 2.10. The van der Waals surface area contributed by atoms with Gasteiger partial charge in [0, 0.05) is 50.5 Å². The number of hydrogen-bond donors (Lipinski definition) is 1. The summed E-state index contributed by atoms with van der Waals surface area (Å²) in [5, 5.41) is 7.73. The largest absolute Gasteiger partial charge is 0.312 e. The van der Waals surface area contributed by atoms with Crippen LogP contribution in [0.1, 0.15) is 18.2 Å². The first kappa shape index (κ1) is 13.5. The molecule has 4 nitrogen and oxygen atoms in total. The highest BCUT2D eigenvalue weighted by atomic mass is 35.5. The predicted molar refractivity (Wildman–Crippen MR) is 67.9 cm³/mol. The van der Waals surface area contributed by atoms with Crippen LogP contribution >= 0.6 is 12.4 Å². The highest BCUT2D eigenvalue weighted by Gasteiger charge is 2.16. The highest BCUT2D eigenvalue weighted by Crippen LogP contribution is 2.10. The Kier molecular flexibility index (Phi) is 4.77. The van der Waals surface area contributed by atoms with Gasteiger partial charge >= 0.3 is 0 Å². The van der Waals surface area contributed by atoms with E-state index >= 15 is 0 Å². The molecule has 1 aliphatic heterocycles. The van der Waals surface area contributed by atoms with Crippen molar-refractivity contribution < 1.29 is 0 Å². The number of halogens is 1. The summed E-state index contributed by atoms with van der Waals surface area (Å²) in [5.74, 6) is 0. The second-order valence-electron chi connectivity index (χ2n) is 4.47. The minimum Gasteiger partial charge on any atom is -0.312 e. The fraction of sp³-hybridized carbons (Fsp3) is 0.727. The molecule has 0 spiro atoms. The number of rotatable bonds is 2. The Labute approximate surface area is 103 Å². The van der Waals surface area contributed by atoms with Crippen molar-refractivity contribution >= 4 is 12.4 Å². The molecule has 0 amide bonds. The van der Waals surface area contributed by atoms with Crippen molar-refractivity contribution in [3.05, 3.63) is 17.5 Å². The third kappa shape index (κ3) is 2.97. The molecule has 0 aliphatic carbocycles. The van der Waals surface area contributed by atoms with E-state index in [1.54, 1.807) is 0 Å². The van der Waals surface area contributed by atoms with Crippen molar-refractivity contribution in [3.8, 4) is 0 Å². The lowest BCUT2D eigenvalue weighted by molar-refractivity contribution is 0.199. The van der Waals surface area contributed by atoms with Gasteiger partial charge in [-0.15, -0.1) is 12.4 Å². The third-order valence-corrected chi connectivity index (χ3v) is 3.18. The zero-order valence-electron chi connectivity index (χ0n) is 10.2. The first-order chi connectivity index (χ1) is 7.16. The van der Waals surface area contributed by atoms with Crippen molar-refractivity contribution in [2.24, 2.45) is 7.05 Å². The molecule has 1 aromatic heterocycles. The van der Waals surface area contributed by atoms with Gasteiger partial charge in [0.15, 0.2) is 0 Å². The monoisotopic (exact) mass is 244 g/mol. The summed E-state index contributed by atoms with van der Waals surface area (Å²) in [5.41, 5.74) is 2.63. The van der Waals surface area contributed by atoms with Gasteiger partial charge in [-0.05, 0) is 13.8 Å². The Balaban J connectivity index is 0.00000128. The van der Waals surface area contributed by atoms with E-state index in [4.69, 9.17) is 0 Å². The molecule has 1 N–H and O–H groups in total. The standard InChI is InChI=1S/C11H20N4.ClH/c1-9-7-15(5-4-12-9)8-11-6-13-14(3)10(11)2;/h6,9,12H,4-5,7-8H2,1-3H3;1H/t9-;/m0./s1. The third-order valence-electron chi connectivity index (χ3n) is 3.18. The summed E-state index contributed by atoms with van der Waals surface area (Å²) in [6.07, 6.45) is 1.99. The molecule has 0 bridgehead atoms. The molecule has 1 atom stereocenters. The second-order valence-corrected chi connectivity index (χ2v) is 4.47. The van der Waals surface area contributed by atoms with E-state index < -0.39 is 0 Å². The minimum absolute atomic E-state index is 0. The van der Waals surface area contributed by atoms with Crippen molar-refractivity contribution in [2.45, 2.75) is 26.4 Å². The average Bonchev–Trinajstić information content (AvgIpc) is 2.50. The van der Waals surface area contributed by atoms with Crippen LogP contribution in [0.15, 0.2) is 6.20 Å². The molecule has 92 valence electrons. The zero-order chi connectivity index (χ0) is 10.8. The molecule has 0 aromatic carbocycles. The van der Waals surface area contributed by atoms with Crippen molar-refractivity contribution in [1.29, 1.82) is 0 Å².